The number of rotatable bonds is 3. The zero-order chi connectivity index (χ0) is 14.4. The predicted octanol–water partition coefficient (Wildman–Crippen LogP) is 4.60. The van der Waals surface area contributed by atoms with Crippen LogP contribution in [0.1, 0.15) is 25.0 Å². The lowest BCUT2D eigenvalue weighted by Gasteiger charge is -2.10. The second-order valence-electron chi connectivity index (χ2n) is 4.45. The minimum atomic E-state index is 0.846. The first-order valence-corrected chi connectivity index (χ1v) is 7.34. The minimum absolute atomic E-state index is 0.846. The summed E-state index contributed by atoms with van der Waals surface area (Å²) < 4.78 is 0. The Kier molecular flexibility index (Phi) is 5.16. The van der Waals surface area contributed by atoms with Gasteiger partial charge in [-0.05, 0) is 36.9 Å². The van der Waals surface area contributed by atoms with Gasteiger partial charge in [-0.25, -0.2) is 4.99 Å². The monoisotopic (exact) mass is 282 g/mol. The fourth-order valence-corrected chi connectivity index (χ4v) is 2.11. The first kappa shape index (κ1) is 14.6. The van der Waals surface area contributed by atoms with Crippen LogP contribution in [-0.4, -0.2) is 5.04 Å². The summed E-state index contributed by atoms with van der Waals surface area (Å²) in [7, 11) is 0. The third-order valence-corrected chi connectivity index (χ3v) is 3.48. The molecule has 3 heteroatoms. The van der Waals surface area contributed by atoms with Crippen LogP contribution in [0.25, 0.3) is 11.3 Å². The number of hydrogen-bond donors (Lipinski definition) is 1. The number of allylic oxidation sites excluding steroid dienone is 1. The van der Waals surface area contributed by atoms with Crippen LogP contribution in [0.5, 0.6) is 0 Å². The zero-order valence-corrected chi connectivity index (χ0v) is 12.5. The van der Waals surface area contributed by atoms with Gasteiger partial charge in [0.1, 0.15) is 0 Å². The highest BCUT2D eigenvalue weighted by Gasteiger charge is 2.07. The molecule has 0 saturated heterocycles. The molecule has 20 heavy (non-hydrogen) atoms. The van der Waals surface area contributed by atoms with E-state index in [0.717, 1.165) is 21.9 Å². The van der Waals surface area contributed by atoms with Crippen molar-refractivity contribution in [2.45, 2.75) is 13.8 Å². The molecule has 2 nitrogen and oxygen atoms in total. The second-order valence-corrected chi connectivity index (χ2v) is 5.28. The van der Waals surface area contributed by atoms with E-state index in [-0.39, 0.29) is 0 Å². The Morgan fingerprint density at radius 3 is 1.85 bits per heavy atom. The Hall–Kier alpha value is -1.84. The van der Waals surface area contributed by atoms with Crippen LogP contribution in [0, 0.1) is 0 Å². The molecule has 0 amide bonds. The number of aliphatic imine (C=N–C) groups is 1. The molecule has 0 bridgehead atoms. The summed E-state index contributed by atoms with van der Waals surface area (Å²) >= 11 is 1.18. The third-order valence-electron chi connectivity index (χ3n) is 3.05. The Morgan fingerprint density at radius 1 is 0.850 bits per heavy atom. The van der Waals surface area contributed by atoms with Crippen LogP contribution in [0.3, 0.4) is 0 Å². The lowest BCUT2D eigenvalue weighted by atomic mass is 10.0. The van der Waals surface area contributed by atoms with Crippen molar-refractivity contribution in [3.05, 3.63) is 71.8 Å². The maximum atomic E-state index is 5.60. The van der Waals surface area contributed by atoms with Crippen molar-refractivity contribution < 1.29 is 0 Å². The van der Waals surface area contributed by atoms with Crippen LogP contribution < -0.4 is 5.14 Å². The number of hydrogen-bond acceptors (Lipinski definition) is 3. The quantitative estimate of drug-likeness (QED) is 0.387. The van der Waals surface area contributed by atoms with Gasteiger partial charge in [0.25, 0.3) is 0 Å². The van der Waals surface area contributed by atoms with E-state index in [0.29, 0.717) is 0 Å². The number of benzene rings is 2. The maximum Gasteiger partial charge on any atom is 0.0856 e. The predicted molar refractivity (Wildman–Crippen MR) is 90.3 cm³/mol. The van der Waals surface area contributed by atoms with Gasteiger partial charge in [0.2, 0.25) is 0 Å². The van der Waals surface area contributed by atoms with Gasteiger partial charge in [-0.15, -0.1) is 0 Å². The Balaban J connectivity index is 2.58. The van der Waals surface area contributed by atoms with Crippen molar-refractivity contribution >= 4 is 28.3 Å². The highest BCUT2D eigenvalue weighted by atomic mass is 32.2. The summed E-state index contributed by atoms with van der Waals surface area (Å²) in [4.78, 5) is 4.68. The average molecular weight is 282 g/mol. The average Bonchev–Trinajstić information content (AvgIpc) is 2.53. The van der Waals surface area contributed by atoms with Crippen LogP contribution in [0.15, 0.2) is 65.7 Å². The Morgan fingerprint density at radius 2 is 1.35 bits per heavy atom. The molecule has 0 aliphatic carbocycles. The highest BCUT2D eigenvalue weighted by Crippen LogP contribution is 2.27. The molecular formula is C17H18N2S. The summed E-state index contributed by atoms with van der Waals surface area (Å²) in [6.45, 7) is 4.02. The van der Waals surface area contributed by atoms with Crippen LogP contribution in [0.2, 0.25) is 0 Å². The molecule has 0 unspecified atom stereocenters. The van der Waals surface area contributed by atoms with E-state index in [1.165, 1.54) is 17.5 Å². The standard InChI is InChI=1S/C17H18N2S/c1-13(15-9-5-3-6-10-15)17(19-14(2)20-18)16-11-7-4-8-12-16/h3-12H,18H2,1-2H3/b17-13+,19-14?. The van der Waals surface area contributed by atoms with Gasteiger partial charge < -0.3 is 0 Å². The molecule has 0 atom stereocenters. The van der Waals surface area contributed by atoms with E-state index in [9.17, 15) is 0 Å². The van der Waals surface area contributed by atoms with Gasteiger partial charge in [-0.2, -0.15) is 0 Å². The molecule has 0 spiro atoms. The fourth-order valence-electron chi connectivity index (χ4n) is 1.97. The molecule has 2 aromatic carbocycles. The lowest BCUT2D eigenvalue weighted by molar-refractivity contribution is 1.47. The van der Waals surface area contributed by atoms with E-state index in [2.05, 4.69) is 36.2 Å². The topological polar surface area (TPSA) is 38.4 Å². The molecule has 0 radical (unpaired) electrons. The van der Waals surface area contributed by atoms with Gasteiger partial charge >= 0.3 is 0 Å². The normalized spacial score (nSPS) is 13.1. The van der Waals surface area contributed by atoms with Gasteiger partial charge in [0.05, 0.1) is 10.7 Å². The summed E-state index contributed by atoms with van der Waals surface area (Å²) in [6, 6.07) is 20.5. The van der Waals surface area contributed by atoms with Gasteiger partial charge in [0.15, 0.2) is 0 Å². The molecule has 2 N–H and O–H groups in total. The molecule has 0 aliphatic heterocycles. The van der Waals surface area contributed by atoms with Gasteiger partial charge in [-0.3, -0.25) is 5.14 Å². The van der Waals surface area contributed by atoms with Crippen LogP contribution in [-0.2, 0) is 0 Å². The van der Waals surface area contributed by atoms with E-state index in [1.54, 1.807) is 0 Å². The molecule has 0 fully saturated rings. The van der Waals surface area contributed by atoms with Crippen molar-refractivity contribution in [2.75, 3.05) is 0 Å². The Labute approximate surface area is 124 Å². The largest absolute Gasteiger partial charge is 0.273 e. The van der Waals surface area contributed by atoms with Gasteiger partial charge in [0, 0.05) is 5.56 Å². The lowest BCUT2D eigenvalue weighted by Crippen LogP contribution is -1.94. The first-order chi connectivity index (χ1) is 9.72. The summed E-state index contributed by atoms with van der Waals surface area (Å²) in [5.41, 5.74) is 4.38. The summed E-state index contributed by atoms with van der Waals surface area (Å²) in [5, 5.41) is 6.45. The third kappa shape index (κ3) is 3.59. The Bertz CT molecular complexity index is 616. The smallest absolute Gasteiger partial charge is 0.0856 e. The summed E-state index contributed by atoms with van der Waals surface area (Å²) in [6.07, 6.45) is 0. The van der Waals surface area contributed by atoms with E-state index >= 15 is 0 Å². The maximum absolute atomic E-state index is 5.60. The molecule has 2 rings (SSSR count). The molecule has 2 aromatic rings. The van der Waals surface area contributed by atoms with Crippen molar-refractivity contribution in [2.24, 2.45) is 10.1 Å². The molecule has 0 saturated carbocycles. The molecular weight excluding hydrogens is 264 g/mol. The first-order valence-electron chi connectivity index (χ1n) is 6.46. The van der Waals surface area contributed by atoms with Crippen LogP contribution >= 0.6 is 11.9 Å². The van der Waals surface area contributed by atoms with Crippen molar-refractivity contribution in [1.82, 2.24) is 0 Å². The number of nitrogens with two attached hydrogens (primary N) is 1. The fraction of sp³-hybridized carbons (Fsp3) is 0.118. The number of nitrogens with zero attached hydrogens (tertiary/aromatic N) is 1. The zero-order valence-electron chi connectivity index (χ0n) is 11.7. The minimum Gasteiger partial charge on any atom is -0.273 e. The van der Waals surface area contributed by atoms with Crippen molar-refractivity contribution in [1.29, 1.82) is 0 Å². The van der Waals surface area contributed by atoms with Crippen molar-refractivity contribution in [3.63, 3.8) is 0 Å². The van der Waals surface area contributed by atoms with E-state index in [1.807, 2.05) is 43.3 Å². The molecule has 0 aliphatic rings. The van der Waals surface area contributed by atoms with E-state index < -0.39 is 0 Å². The highest BCUT2D eigenvalue weighted by molar-refractivity contribution is 8.11. The summed E-state index contributed by atoms with van der Waals surface area (Å²) in [5.74, 6) is 0. The molecule has 0 aromatic heterocycles. The SMILES string of the molecule is CC(=N/C(=C(\C)c1ccccc1)c1ccccc1)SN. The second kappa shape index (κ2) is 7.08. The molecule has 0 heterocycles. The molecule has 102 valence electrons. The van der Waals surface area contributed by atoms with Crippen LogP contribution in [0.4, 0.5) is 0 Å². The van der Waals surface area contributed by atoms with Gasteiger partial charge in [-0.1, -0.05) is 60.7 Å². The van der Waals surface area contributed by atoms with E-state index in [4.69, 9.17) is 5.14 Å². The van der Waals surface area contributed by atoms with Crippen molar-refractivity contribution in [3.8, 4) is 0 Å².